The van der Waals surface area contributed by atoms with Crippen LogP contribution in [-0.4, -0.2) is 41.4 Å². The highest BCUT2D eigenvalue weighted by Crippen LogP contribution is 2.77. The summed E-state index contributed by atoms with van der Waals surface area (Å²) < 4.78 is 64.7. The number of hydrogen-bond acceptors (Lipinski definition) is 5. The Balaban J connectivity index is 1.52. The monoisotopic (exact) mass is 438 g/mol. The fraction of sp³-hybridized carbons (Fsp3) is 0.429. The second-order valence-electron chi connectivity index (χ2n) is 8.17. The number of hydrogen-bond donors (Lipinski definition) is 2. The van der Waals surface area contributed by atoms with Gasteiger partial charge in [-0.25, -0.2) is 9.37 Å². The summed E-state index contributed by atoms with van der Waals surface area (Å²) in [6.07, 6.45) is -4.95. The molecule has 2 N–H and O–H groups in total. The topological polar surface area (TPSA) is 80.7 Å². The highest BCUT2D eigenvalue weighted by Gasteiger charge is 2.87. The molecular formula is C21H18F4N2O4. The summed E-state index contributed by atoms with van der Waals surface area (Å²) in [6, 6.07) is 6.08. The Morgan fingerprint density at radius 1 is 1.35 bits per heavy atom. The normalized spacial score (nSPS) is 33.2. The van der Waals surface area contributed by atoms with E-state index in [0.29, 0.717) is 23.9 Å². The lowest BCUT2D eigenvalue weighted by Crippen LogP contribution is -2.44. The molecule has 3 aliphatic rings. The zero-order chi connectivity index (χ0) is 22.2. The molecule has 1 aromatic heterocycles. The lowest BCUT2D eigenvalue weighted by atomic mass is 9.74. The summed E-state index contributed by atoms with van der Waals surface area (Å²) >= 11 is 0. The predicted molar refractivity (Wildman–Crippen MR) is 98.8 cm³/mol. The molecule has 0 radical (unpaired) electrons. The van der Waals surface area contributed by atoms with Gasteiger partial charge in [0.2, 0.25) is 11.8 Å². The maximum absolute atomic E-state index is 14.5. The number of alkyl halides is 3. The SMILES string of the molecule is COc1cc(C23CC2(C(=O)Nc2cccc(C(F)(F)F)c2F)C2CC(O)C3O2)ccn1. The molecule has 0 spiro atoms. The number of aromatic nitrogens is 1. The first kappa shape index (κ1) is 20.2. The first-order valence-electron chi connectivity index (χ1n) is 9.66. The van der Waals surface area contributed by atoms with Crippen LogP contribution in [0.5, 0.6) is 5.88 Å². The van der Waals surface area contributed by atoms with Crippen LogP contribution in [0.15, 0.2) is 36.5 Å². The van der Waals surface area contributed by atoms with Gasteiger partial charge in [-0.2, -0.15) is 13.2 Å². The molecule has 2 aliphatic heterocycles. The molecule has 1 aromatic carbocycles. The van der Waals surface area contributed by atoms with Gasteiger partial charge < -0.3 is 19.9 Å². The van der Waals surface area contributed by atoms with E-state index in [2.05, 4.69) is 10.3 Å². The van der Waals surface area contributed by atoms with Crippen LogP contribution in [0.2, 0.25) is 0 Å². The number of carbonyl (C=O) groups is 1. The molecule has 31 heavy (non-hydrogen) atoms. The van der Waals surface area contributed by atoms with Gasteiger partial charge in [-0.1, -0.05) is 6.07 Å². The maximum atomic E-state index is 14.5. The third-order valence-corrected chi connectivity index (χ3v) is 6.80. The Kier molecular flexibility index (Phi) is 4.17. The molecule has 6 nitrogen and oxygen atoms in total. The van der Waals surface area contributed by atoms with E-state index < -0.39 is 58.3 Å². The van der Waals surface area contributed by atoms with Gasteiger partial charge in [0.1, 0.15) is 0 Å². The van der Waals surface area contributed by atoms with Crippen molar-refractivity contribution in [2.45, 2.75) is 42.7 Å². The number of nitrogens with one attached hydrogen (secondary N) is 1. The molecular weight excluding hydrogens is 420 g/mol. The number of methoxy groups -OCH3 is 1. The van der Waals surface area contributed by atoms with Crippen LogP contribution in [-0.2, 0) is 21.1 Å². The van der Waals surface area contributed by atoms with Crippen molar-refractivity contribution in [3.8, 4) is 5.88 Å². The van der Waals surface area contributed by atoms with Crippen LogP contribution in [0.4, 0.5) is 23.2 Å². The zero-order valence-electron chi connectivity index (χ0n) is 16.2. The molecule has 5 atom stereocenters. The fourth-order valence-electron chi connectivity index (χ4n) is 5.41. The van der Waals surface area contributed by atoms with Crippen LogP contribution in [0.3, 0.4) is 0 Å². The highest BCUT2D eigenvalue weighted by molar-refractivity contribution is 6.01. The Labute approximate surface area is 174 Å². The number of carbonyl (C=O) groups excluding carboxylic acids is 1. The van der Waals surface area contributed by atoms with E-state index >= 15 is 0 Å². The Morgan fingerprint density at radius 3 is 2.84 bits per heavy atom. The lowest BCUT2D eigenvalue weighted by Gasteiger charge is -2.29. The van der Waals surface area contributed by atoms with E-state index in [-0.39, 0.29) is 6.42 Å². The standard InChI is InChI=1S/C21H18F4N2O4/c1-30-15-7-10(5-6-26-15)19-9-20(19,14-8-13(28)17(19)31-14)18(29)27-12-4-2-3-11(16(12)22)21(23,24)25/h2-7,13-14,17,28H,8-9H2,1H3,(H,27,29). The zero-order valence-corrected chi connectivity index (χ0v) is 16.2. The third kappa shape index (κ3) is 2.58. The molecule has 5 rings (SSSR count). The maximum Gasteiger partial charge on any atom is 0.419 e. The smallest absolute Gasteiger partial charge is 0.419 e. The summed E-state index contributed by atoms with van der Waals surface area (Å²) in [5.74, 6) is -1.86. The second kappa shape index (κ2) is 6.39. The van der Waals surface area contributed by atoms with Gasteiger partial charge in [-0.15, -0.1) is 0 Å². The van der Waals surface area contributed by atoms with Crippen molar-refractivity contribution in [2.24, 2.45) is 5.41 Å². The molecule has 3 heterocycles. The van der Waals surface area contributed by atoms with Gasteiger partial charge in [0.25, 0.3) is 0 Å². The van der Waals surface area contributed by atoms with E-state index in [9.17, 15) is 27.5 Å². The minimum absolute atomic E-state index is 0.215. The van der Waals surface area contributed by atoms with Crippen molar-refractivity contribution in [3.63, 3.8) is 0 Å². The van der Waals surface area contributed by atoms with E-state index in [4.69, 9.17) is 9.47 Å². The summed E-state index contributed by atoms with van der Waals surface area (Å²) in [5, 5.41) is 12.8. The van der Waals surface area contributed by atoms with Gasteiger partial charge in [0.05, 0.1) is 42.1 Å². The van der Waals surface area contributed by atoms with Gasteiger partial charge in [0, 0.05) is 24.1 Å². The molecule has 1 amide bonds. The highest BCUT2D eigenvalue weighted by atomic mass is 19.4. The van der Waals surface area contributed by atoms with Gasteiger partial charge in [0.15, 0.2) is 5.82 Å². The molecule has 10 heteroatoms. The molecule has 2 bridgehead atoms. The molecule has 5 unspecified atom stereocenters. The summed E-state index contributed by atoms with van der Waals surface area (Å²) in [5.41, 5.74) is -3.36. The average molecular weight is 438 g/mol. The van der Waals surface area contributed by atoms with Crippen molar-refractivity contribution in [1.82, 2.24) is 4.98 Å². The number of aliphatic hydroxyl groups is 1. The van der Waals surface area contributed by atoms with Crippen LogP contribution >= 0.6 is 0 Å². The van der Waals surface area contributed by atoms with E-state index in [1.165, 1.54) is 13.3 Å². The fourth-order valence-corrected chi connectivity index (χ4v) is 5.41. The first-order valence-corrected chi connectivity index (χ1v) is 9.66. The molecule has 1 aliphatic carbocycles. The summed E-state index contributed by atoms with van der Waals surface area (Å²) in [6.45, 7) is 0. The molecule has 3 fully saturated rings. The van der Waals surface area contributed by atoms with Crippen molar-refractivity contribution >= 4 is 11.6 Å². The van der Waals surface area contributed by atoms with Crippen molar-refractivity contribution in [1.29, 1.82) is 0 Å². The van der Waals surface area contributed by atoms with E-state index in [0.717, 1.165) is 12.1 Å². The van der Waals surface area contributed by atoms with Crippen LogP contribution in [0.1, 0.15) is 24.0 Å². The summed E-state index contributed by atoms with van der Waals surface area (Å²) in [4.78, 5) is 17.4. The number of benzene rings is 1. The Hall–Kier alpha value is -2.72. The number of anilines is 1. The van der Waals surface area contributed by atoms with Gasteiger partial charge in [-0.3, -0.25) is 4.79 Å². The predicted octanol–water partition coefficient (Wildman–Crippen LogP) is 3.05. The third-order valence-electron chi connectivity index (χ3n) is 6.80. The Bertz CT molecular complexity index is 1080. The van der Waals surface area contributed by atoms with Gasteiger partial charge in [-0.05, 0) is 30.2 Å². The van der Waals surface area contributed by atoms with Crippen molar-refractivity contribution in [2.75, 3.05) is 12.4 Å². The number of rotatable bonds is 4. The average Bonchev–Trinajstić information content (AvgIpc) is 3.22. The number of fused-ring (bicyclic) bond motifs is 5. The molecule has 2 aromatic rings. The van der Waals surface area contributed by atoms with Crippen LogP contribution < -0.4 is 10.1 Å². The van der Waals surface area contributed by atoms with Crippen molar-refractivity contribution in [3.05, 3.63) is 53.5 Å². The van der Waals surface area contributed by atoms with E-state index in [1.54, 1.807) is 12.1 Å². The molecule has 2 saturated heterocycles. The number of halogens is 4. The van der Waals surface area contributed by atoms with Crippen LogP contribution in [0, 0.1) is 11.2 Å². The minimum atomic E-state index is -4.89. The van der Waals surface area contributed by atoms with Crippen molar-refractivity contribution < 1.29 is 36.9 Å². The molecule has 1 saturated carbocycles. The second-order valence-corrected chi connectivity index (χ2v) is 8.17. The summed E-state index contributed by atoms with van der Waals surface area (Å²) in [7, 11) is 1.44. The number of ether oxygens (including phenoxy) is 2. The molecule has 164 valence electrons. The Morgan fingerprint density at radius 2 is 2.13 bits per heavy atom. The van der Waals surface area contributed by atoms with Crippen LogP contribution in [0.25, 0.3) is 0 Å². The largest absolute Gasteiger partial charge is 0.481 e. The number of amides is 1. The number of pyridine rings is 1. The lowest BCUT2D eigenvalue weighted by molar-refractivity contribution is -0.140. The number of nitrogens with zero attached hydrogens (tertiary/aromatic N) is 1. The first-order chi connectivity index (χ1) is 14.6. The van der Waals surface area contributed by atoms with Gasteiger partial charge >= 0.3 is 6.18 Å². The quantitative estimate of drug-likeness (QED) is 0.718. The number of aliphatic hydroxyl groups excluding tert-OH is 1. The van der Waals surface area contributed by atoms with E-state index in [1.807, 2.05) is 0 Å². The minimum Gasteiger partial charge on any atom is -0.481 e.